The summed E-state index contributed by atoms with van der Waals surface area (Å²) in [7, 11) is 3.69. The van der Waals surface area contributed by atoms with Gasteiger partial charge in [-0.05, 0) is 24.3 Å². The van der Waals surface area contributed by atoms with E-state index in [9.17, 15) is 19.3 Å². The van der Waals surface area contributed by atoms with Crippen LogP contribution in [0.2, 0.25) is 5.02 Å². The third kappa shape index (κ3) is 4.32. The van der Waals surface area contributed by atoms with Gasteiger partial charge in [0.1, 0.15) is 23.8 Å². The smallest absolute Gasteiger partial charge is 0.293 e. The highest BCUT2D eigenvalue weighted by Gasteiger charge is 2.25. The maximum Gasteiger partial charge on any atom is 0.293 e. The Bertz CT molecular complexity index is 778. The number of nitro groups is 1. The Balaban J connectivity index is 2.31. The standard InChI is InChI=1S/C17H17ClFN3O3/c1-21(2)16(17-12(18)4-3-5-13(17)19)9-20-14-7-6-11(10-23)8-15(14)22(24)25/h3-8,10,16,20H,9H2,1-2H3/p+1/t16-/m1/s1. The maximum absolute atomic E-state index is 14.2. The first kappa shape index (κ1) is 18.8. The van der Waals surface area contributed by atoms with Crippen molar-refractivity contribution in [2.75, 3.05) is 26.0 Å². The van der Waals surface area contributed by atoms with Gasteiger partial charge in [-0.2, -0.15) is 0 Å². The minimum atomic E-state index is -0.567. The Labute approximate surface area is 149 Å². The van der Waals surface area contributed by atoms with Crippen LogP contribution >= 0.6 is 11.6 Å². The lowest BCUT2D eigenvalue weighted by atomic mass is 10.0. The molecule has 0 bridgehead atoms. The highest BCUT2D eigenvalue weighted by molar-refractivity contribution is 6.31. The summed E-state index contributed by atoms with van der Waals surface area (Å²) in [5, 5.41) is 14.5. The topological polar surface area (TPSA) is 76.7 Å². The molecule has 0 aliphatic carbocycles. The number of nitro benzene ring substituents is 1. The average molecular weight is 367 g/mol. The van der Waals surface area contributed by atoms with Crippen LogP contribution in [0.3, 0.4) is 0 Å². The minimum Gasteiger partial charge on any atom is -0.373 e. The van der Waals surface area contributed by atoms with Crippen molar-refractivity contribution in [3.63, 3.8) is 0 Å². The molecule has 132 valence electrons. The number of hydrogen-bond acceptors (Lipinski definition) is 4. The van der Waals surface area contributed by atoms with Crippen LogP contribution in [-0.4, -0.2) is 31.8 Å². The zero-order chi connectivity index (χ0) is 18.6. The molecule has 0 heterocycles. The third-order valence-electron chi connectivity index (χ3n) is 3.90. The molecule has 2 aromatic rings. The lowest BCUT2D eigenvalue weighted by molar-refractivity contribution is -0.890. The second-order valence-corrected chi connectivity index (χ2v) is 6.20. The number of nitrogens with zero attached hydrogens (tertiary/aromatic N) is 1. The lowest BCUT2D eigenvalue weighted by Crippen LogP contribution is -3.06. The number of rotatable bonds is 7. The van der Waals surface area contributed by atoms with E-state index in [2.05, 4.69) is 5.32 Å². The maximum atomic E-state index is 14.2. The molecule has 2 rings (SSSR count). The number of benzene rings is 2. The molecule has 6 nitrogen and oxygen atoms in total. The van der Waals surface area contributed by atoms with Crippen LogP contribution < -0.4 is 10.2 Å². The molecule has 2 N–H and O–H groups in total. The fourth-order valence-corrected chi connectivity index (χ4v) is 2.87. The number of aldehydes is 1. The van der Waals surface area contributed by atoms with Gasteiger partial charge in [0.2, 0.25) is 0 Å². The molecule has 0 aliphatic rings. The summed E-state index contributed by atoms with van der Waals surface area (Å²) in [5.41, 5.74) is 0.610. The molecular formula is C17H18ClFN3O3+. The van der Waals surface area contributed by atoms with Crippen LogP contribution in [-0.2, 0) is 0 Å². The Kier molecular flexibility index (Phi) is 6.06. The Morgan fingerprint density at radius 1 is 1.36 bits per heavy atom. The van der Waals surface area contributed by atoms with Crippen molar-refractivity contribution in [1.82, 2.24) is 0 Å². The van der Waals surface area contributed by atoms with E-state index < -0.39 is 10.7 Å². The Morgan fingerprint density at radius 3 is 2.64 bits per heavy atom. The summed E-state index contributed by atoms with van der Waals surface area (Å²) < 4.78 is 14.2. The van der Waals surface area contributed by atoms with E-state index in [1.807, 2.05) is 14.1 Å². The highest BCUT2D eigenvalue weighted by atomic mass is 35.5. The van der Waals surface area contributed by atoms with Crippen LogP contribution in [0.25, 0.3) is 0 Å². The van der Waals surface area contributed by atoms with Gasteiger partial charge >= 0.3 is 0 Å². The number of hydrogen-bond donors (Lipinski definition) is 2. The zero-order valence-corrected chi connectivity index (χ0v) is 14.5. The Morgan fingerprint density at radius 2 is 2.08 bits per heavy atom. The van der Waals surface area contributed by atoms with Crippen molar-refractivity contribution in [2.45, 2.75) is 6.04 Å². The number of halogens is 2. The lowest BCUT2D eigenvalue weighted by Gasteiger charge is -2.24. The van der Waals surface area contributed by atoms with Crippen LogP contribution in [0.15, 0.2) is 36.4 Å². The van der Waals surface area contributed by atoms with Gasteiger partial charge in [0.05, 0.1) is 36.1 Å². The molecule has 0 saturated heterocycles. The first-order valence-electron chi connectivity index (χ1n) is 7.56. The second-order valence-electron chi connectivity index (χ2n) is 5.80. The summed E-state index contributed by atoms with van der Waals surface area (Å²) >= 11 is 6.14. The Hall–Kier alpha value is -2.51. The molecule has 2 aromatic carbocycles. The van der Waals surface area contributed by atoms with Crippen LogP contribution in [0, 0.1) is 15.9 Å². The van der Waals surface area contributed by atoms with E-state index in [1.165, 1.54) is 30.3 Å². The van der Waals surface area contributed by atoms with Crippen molar-refractivity contribution in [3.8, 4) is 0 Å². The van der Waals surface area contributed by atoms with Gasteiger partial charge in [0.15, 0.2) is 0 Å². The molecule has 1 atom stereocenters. The molecule has 0 aliphatic heterocycles. The first-order chi connectivity index (χ1) is 11.8. The van der Waals surface area contributed by atoms with Crippen molar-refractivity contribution in [2.24, 2.45) is 0 Å². The van der Waals surface area contributed by atoms with Gasteiger partial charge in [-0.25, -0.2) is 4.39 Å². The van der Waals surface area contributed by atoms with E-state index in [4.69, 9.17) is 11.6 Å². The van der Waals surface area contributed by atoms with Gasteiger partial charge in [0, 0.05) is 11.6 Å². The fraction of sp³-hybridized carbons (Fsp3) is 0.235. The fourth-order valence-electron chi connectivity index (χ4n) is 2.57. The van der Waals surface area contributed by atoms with Crippen LogP contribution in [0.4, 0.5) is 15.8 Å². The summed E-state index contributed by atoms with van der Waals surface area (Å²) in [6.07, 6.45) is 0.544. The molecule has 0 radical (unpaired) electrons. The monoisotopic (exact) mass is 366 g/mol. The molecule has 0 unspecified atom stereocenters. The zero-order valence-electron chi connectivity index (χ0n) is 13.8. The summed E-state index contributed by atoms with van der Waals surface area (Å²) in [6, 6.07) is 8.25. The third-order valence-corrected chi connectivity index (χ3v) is 4.23. The quantitative estimate of drug-likeness (QED) is 0.448. The van der Waals surface area contributed by atoms with E-state index in [1.54, 1.807) is 6.07 Å². The predicted molar refractivity (Wildman–Crippen MR) is 93.9 cm³/mol. The first-order valence-corrected chi connectivity index (χ1v) is 7.94. The number of anilines is 1. The number of nitrogens with one attached hydrogen (secondary N) is 2. The van der Waals surface area contributed by atoms with Crippen molar-refractivity contribution < 1.29 is 19.0 Å². The van der Waals surface area contributed by atoms with E-state index in [0.29, 0.717) is 16.9 Å². The van der Waals surface area contributed by atoms with Gasteiger partial charge in [0.25, 0.3) is 5.69 Å². The number of carbonyl (C=O) groups excluding carboxylic acids is 1. The van der Waals surface area contributed by atoms with Gasteiger partial charge in [-0.1, -0.05) is 17.7 Å². The molecule has 0 aromatic heterocycles. The van der Waals surface area contributed by atoms with Gasteiger partial charge < -0.3 is 10.2 Å². The normalized spacial score (nSPS) is 12.0. The molecule has 0 fully saturated rings. The summed E-state index contributed by atoms with van der Waals surface area (Å²) in [5.74, 6) is -0.425. The van der Waals surface area contributed by atoms with Crippen LogP contribution in [0.5, 0.6) is 0 Å². The molecule has 0 spiro atoms. The SMILES string of the molecule is C[NH+](C)[C@H](CNc1ccc(C=O)cc1[N+](=O)[O-])c1c(F)cccc1Cl. The second kappa shape index (κ2) is 8.04. The van der Waals surface area contributed by atoms with E-state index in [0.717, 1.165) is 4.90 Å². The minimum absolute atomic E-state index is 0.211. The van der Waals surface area contributed by atoms with E-state index in [-0.39, 0.29) is 29.5 Å². The van der Waals surface area contributed by atoms with Crippen molar-refractivity contribution in [3.05, 3.63) is 68.5 Å². The highest BCUT2D eigenvalue weighted by Crippen LogP contribution is 2.28. The van der Waals surface area contributed by atoms with Crippen molar-refractivity contribution in [1.29, 1.82) is 0 Å². The predicted octanol–water partition coefficient (Wildman–Crippen LogP) is 2.50. The summed E-state index contributed by atoms with van der Waals surface area (Å²) in [6.45, 7) is 0.226. The number of carbonyl (C=O) groups is 1. The van der Waals surface area contributed by atoms with Crippen LogP contribution in [0.1, 0.15) is 22.0 Å². The average Bonchev–Trinajstić information content (AvgIpc) is 2.56. The van der Waals surface area contributed by atoms with Gasteiger partial charge in [-0.3, -0.25) is 14.9 Å². The number of quaternary nitrogens is 1. The number of likely N-dealkylation sites (N-methyl/N-ethyl adjacent to an activating group) is 1. The molecule has 8 heteroatoms. The van der Waals surface area contributed by atoms with E-state index >= 15 is 0 Å². The van der Waals surface area contributed by atoms with Crippen molar-refractivity contribution >= 4 is 29.3 Å². The molecule has 25 heavy (non-hydrogen) atoms. The molecule has 0 saturated carbocycles. The molecule has 0 amide bonds. The summed E-state index contributed by atoms with van der Waals surface area (Å²) in [4.78, 5) is 22.4. The largest absolute Gasteiger partial charge is 0.373 e. The van der Waals surface area contributed by atoms with Gasteiger partial charge in [-0.15, -0.1) is 0 Å². The molecular weight excluding hydrogens is 349 g/mol.